The van der Waals surface area contributed by atoms with Crippen molar-refractivity contribution in [3.8, 4) is 0 Å². The minimum absolute atomic E-state index is 0.372. The highest BCUT2D eigenvalue weighted by Gasteiger charge is 2.44. The van der Waals surface area contributed by atoms with E-state index in [9.17, 15) is 0 Å². The summed E-state index contributed by atoms with van der Waals surface area (Å²) in [6, 6.07) is 0. The van der Waals surface area contributed by atoms with Gasteiger partial charge in [-0.15, -0.1) is 0 Å². The number of nitrogens with two attached hydrogens (primary N) is 1. The lowest BCUT2D eigenvalue weighted by atomic mass is 9.96. The molecule has 1 saturated heterocycles. The maximum atomic E-state index is 6.27. The normalized spacial score (nSPS) is 25.8. The molecule has 1 saturated carbocycles. The lowest BCUT2D eigenvalue weighted by Crippen LogP contribution is -2.35. The maximum Gasteiger partial charge on any atom is 0.246 e. The molecule has 0 aromatic carbocycles. The molecule has 2 fully saturated rings. The van der Waals surface area contributed by atoms with Crippen LogP contribution in [0.5, 0.6) is 0 Å². The Morgan fingerprint density at radius 2 is 1.94 bits per heavy atom. The van der Waals surface area contributed by atoms with Gasteiger partial charge in [0.05, 0.1) is 5.54 Å². The molecule has 0 amide bonds. The minimum Gasteiger partial charge on any atom is -0.381 e. The van der Waals surface area contributed by atoms with E-state index in [4.69, 9.17) is 15.0 Å². The van der Waals surface area contributed by atoms with Gasteiger partial charge in [-0.3, -0.25) is 0 Å². The molecule has 5 nitrogen and oxygen atoms in total. The fourth-order valence-electron chi connectivity index (χ4n) is 2.43. The van der Waals surface area contributed by atoms with Crippen molar-refractivity contribution < 1.29 is 9.26 Å². The Balaban J connectivity index is 1.77. The lowest BCUT2D eigenvalue weighted by Gasteiger charge is -2.19. The first-order valence-corrected chi connectivity index (χ1v) is 6.38. The largest absolute Gasteiger partial charge is 0.381 e. The fraction of sp³-hybridized carbons (Fsp3) is 0.833. The molecule has 5 heteroatoms. The second-order valence-corrected chi connectivity index (χ2v) is 5.40. The van der Waals surface area contributed by atoms with E-state index in [0.717, 1.165) is 31.9 Å². The topological polar surface area (TPSA) is 74.2 Å². The highest BCUT2D eigenvalue weighted by molar-refractivity contribution is 5.09. The monoisotopic (exact) mass is 237 g/mol. The van der Waals surface area contributed by atoms with Crippen LogP contribution in [0.4, 0.5) is 0 Å². The molecule has 0 bridgehead atoms. The molecule has 0 radical (unpaired) electrons. The van der Waals surface area contributed by atoms with E-state index in [2.05, 4.69) is 10.1 Å². The second-order valence-electron chi connectivity index (χ2n) is 5.40. The SMILES string of the molecule is CC(N)(c1nc(C2CCOCC2)no1)C1CC1. The first-order chi connectivity index (χ1) is 8.18. The quantitative estimate of drug-likeness (QED) is 0.863. The molecule has 1 unspecified atom stereocenters. The van der Waals surface area contributed by atoms with Gasteiger partial charge < -0.3 is 15.0 Å². The number of hydrogen-bond acceptors (Lipinski definition) is 5. The van der Waals surface area contributed by atoms with E-state index >= 15 is 0 Å². The Morgan fingerprint density at radius 1 is 1.24 bits per heavy atom. The zero-order valence-corrected chi connectivity index (χ0v) is 10.2. The van der Waals surface area contributed by atoms with E-state index in [1.807, 2.05) is 6.92 Å². The van der Waals surface area contributed by atoms with E-state index in [1.54, 1.807) is 0 Å². The van der Waals surface area contributed by atoms with Crippen molar-refractivity contribution in [1.29, 1.82) is 0 Å². The summed E-state index contributed by atoms with van der Waals surface area (Å²) >= 11 is 0. The molecular weight excluding hydrogens is 218 g/mol. The van der Waals surface area contributed by atoms with Gasteiger partial charge in [0.25, 0.3) is 0 Å². The van der Waals surface area contributed by atoms with Crippen LogP contribution in [0.15, 0.2) is 4.52 Å². The summed E-state index contributed by atoms with van der Waals surface area (Å²) in [5, 5.41) is 4.09. The maximum absolute atomic E-state index is 6.27. The van der Waals surface area contributed by atoms with Gasteiger partial charge in [0.2, 0.25) is 5.89 Å². The lowest BCUT2D eigenvalue weighted by molar-refractivity contribution is 0.0830. The first-order valence-electron chi connectivity index (χ1n) is 6.38. The molecule has 2 N–H and O–H groups in total. The van der Waals surface area contributed by atoms with Crippen LogP contribution in [0.25, 0.3) is 0 Å². The van der Waals surface area contributed by atoms with E-state index in [0.29, 0.717) is 17.7 Å². The van der Waals surface area contributed by atoms with Gasteiger partial charge in [0, 0.05) is 19.1 Å². The van der Waals surface area contributed by atoms with Crippen LogP contribution in [-0.2, 0) is 10.3 Å². The molecule has 2 heterocycles. The molecule has 1 aromatic heterocycles. The van der Waals surface area contributed by atoms with Gasteiger partial charge in [-0.25, -0.2) is 0 Å². The predicted molar refractivity (Wildman–Crippen MR) is 61.4 cm³/mol. The molecular formula is C12H19N3O2. The Hall–Kier alpha value is -0.940. The number of aromatic nitrogens is 2. The summed E-state index contributed by atoms with van der Waals surface area (Å²) in [5.74, 6) is 2.28. The van der Waals surface area contributed by atoms with E-state index in [1.165, 1.54) is 12.8 Å². The first kappa shape index (κ1) is 11.2. The van der Waals surface area contributed by atoms with E-state index < -0.39 is 5.54 Å². The average Bonchev–Trinajstić information content (AvgIpc) is 3.08. The van der Waals surface area contributed by atoms with Gasteiger partial charge in [0.1, 0.15) is 0 Å². The molecule has 1 atom stereocenters. The molecule has 1 aliphatic heterocycles. The highest BCUT2D eigenvalue weighted by Crippen LogP contribution is 2.43. The second kappa shape index (κ2) is 4.07. The molecule has 3 rings (SSSR count). The van der Waals surface area contributed by atoms with Crippen LogP contribution in [0.3, 0.4) is 0 Å². The number of ether oxygens (including phenoxy) is 1. The van der Waals surface area contributed by atoms with Crippen molar-refractivity contribution in [2.45, 2.75) is 44.1 Å². The van der Waals surface area contributed by atoms with Gasteiger partial charge in [-0.1, -0.05) is 5.16 Å². The molecule has 2 aliphatic rings. The van der Waals surface area contributed by atoms with Crippen LogP contribution in [0, 0.1) is 5.92 Å². The summed E-state index contributed by atoms with van der Waals surface area (Å²) in [6.07, 6.45) is 4.29. The smallest absolute Gasteiger partial charge is 0.246 e. The van der Waals surface area contributed by atoms with Gasteiger partial charge in [-0.2, -0.15) is 4.98 Å². The van der Waals surface area contributed by atoms with Crippen molar-refractivity contribution in [2.75, 3.05) is 13.2 Å². The zero-order chi connectivity index (χ0) is 11.9. The third kappa shape index (κ3) is 2.09. The van der Waals surface area contributed by atoms with Crippen LogP contribution >= 0.6 is 0 Å². The Bertz CT molecular complexity index is 392. The predicted octanol–water partition coefficient (Wildman–Crippen LogP) is 1.55. The summed E-state index contributed by atoms with van der Waals surface area (Å²) in [5.41, 5.74) is 5.82. The Morgan fingerprint density at radius 3 is 2.59 bits per heavy atom. The molecule has 0 spiro atoms. The number of rotatable bonds is 3. The molecule has 17 heavy (non-hydrogen) atoms. The number of hydrogen-bond donors (Lipinski definition) is 1. The molecule has 1 aromatic rings. The van der Waals surface area contributed by atoms with Crippen LogP contribution in [-0.4, -0.2) is 23.4 Å². The number of nitrogens with zero attached hydrogens (tertiary/aromatic N) is 2. The van der Waals surface area contributed by atoms with Crippen molar-refractivity contribution in [3.05, 3.63) is 11.7 Å². The zero-order valence-electron chi connectivity index (χ0n) is 10.2. The summed E-state index contributed by atoms with van der Waals surface area (Å²) in [4.78, 5) is 4.51. The van der Waals surface area contributed by atoms with Crippen molar-refractivity contribution >= 4 is 0 Å². The minimum atomic E-state index is -0.448. The van der Waals surface area contributed by atoms with Gasteiger partial charge in [0.15, 0.2) is 5.82 Å². The summed E-state index contributed by atoms with van der Waals surface area (Å²) < 4.78 is 10.7. The summed E-state index contributed by atoms with van der Waals surface area (Å²) in [7, 11) is 0. The van der Waals surface area contributed by atoms with Gasteiger partial charge in [-0.05, 0) is 38.5 Å². The average molecular weight is 237 g/mol. The van der Waals surface area contributed by atoms with Crippen molar-refractivity contribution in [2.24, 2.45) is 11.7 Å². The fourth-order valence-corrected chi connectivity index (χ4v) is 2.43. The molecule has 94 valence electrons. The summed E-state index contributed by atoms with van der Waals surface area (Å²) in [6.45, 7) is 3.57. The standard InChI is InChI=1S/C12H19N3O2/c1-12(13,9-2-3-9)11-14-10(15-17-11)8-4-6-16-7-5-8/h8-9H,2-7,13H2,1H3. The Kier molecular flexibility index (Phi) is 2.67. The highest BCUT2D eigenvalue weighted by atomic mass is 16.5. The third-order valence-corrected chi connectivity index (χ3v) is 3.91. The van der Waals surface area contributed by atoms with Crippen LogP contribution in [0.1, 0.15) is 50.2 Å². The van der Waals surface area contributed by atoms with Gasteiger partial charge >= 0.3 is 0 Å². The third-order valence-electron chi connectivity index (χ3n) is 3.91. The Labute approximate surface area is 101 Å². The van der Waals surface area contributed by atoms with E-state index in [-0.39, 0.29) is 0 Å². The van der Waals surface area contributed by atoms with Crippen LogP contribution < -0.4 is 5.73 Å². The van der Waals surface area contributed by atoms with Crippen LogP contribution in [0.2, 0.25) is 0 Å². The van der Waals surface area contributed by atoms with Crippen molar-refractivity contribution in [3.63, 3.8) is 0 Å². The molecule has 1 aliphatic carbocycles. The van der Waals surface area contributed by atoms with Crippen molar-refractivity contribution in [1.82, 2.24) is 10.1 Å².